The van der Waals surface area contributed by atoms with Gasteiger partial charge in [-0.2, -0.15) is 18.3 Å². The van der Waals surface area contributed by atoms with Gasteiger partial charge < -0.3 is 10.5 Å². The molecular weight excluding hydrogens is 494 g/mol. The van der Waals surface area contributed by atoms with Crippen LogP contribution in [0.2, 0.25) is 0 Å². The van der Waals surface area contributed by atoms with E-state index < -0.39 is 40.3 Å². The number of benzene rings is 2. The summed E-state index contributed by atoms with van der Waals surface area (Å²) in [6.07, 6.45) is -3.26. The fraction of sp³-hybridized carbons (Fsp3) is 0.0800. The second-order valence-electron chi connectivity index (χ2n) is 7.77. The number of oxime groups is 1. The number of amides is 1. The van der Waals surface area contributed by atoms with E-state index in [1.165, 1.54) is 36.1 Å². The van der Waals surface area contributed by atoms with E-state index >= 15 is 0 Å². The Hall–Kier alpha value is -4.87. The van der Waals surface area contributed by atoms with E-state index in [2.05, 4.69) is 20.6 Å². The number of aldehydes is 1. The minimum Gasteiger partial charge on any atom is -0.410 e. The zero-order valence-corrected chi connectivity index (χ0v) is 19.0. The van der Waals surface area contributed by atoms with Gasteiger partial charge in [-0.3, -0.25) is 14.3 Å². The van der Waals surface area contributed by atoms with Crippen LogP contribution in [0.4, 0.5) is 23.4 Å². The number of halogens is 4. The number of alkyl halides is 3. The number of rotatable bonds is 6. The molecule has 2 N–H and O–H groups in total. The second kappa shape index (κ2) is 10.0. The summed E-state index contributed by atoms with van der Waals surface area (Å²) in [5, 5.41) is 18.3. The predicted molar refractivity (Wildman–Crippen MR) is 126 cm³/mol. The van der Waals surface area contributed by atoms with E-state index in [0.717, 1.165) is 6.07 Å². The van der Waals surface area contributed by atoms with Crippen LogP contribution in [0.25, 0.3) is 22.4 Å². The van der Waals surface area contributed by atoms with Crippen LogP contribution >= 0.6 is 0 Å². The van der Waals surface area contributed by atoms with Gasteiger partial charge in [0.25, 0.3) is 5.91 Å². The fourth-order valence-electron chi connectivity index (χ4n) is 3.61. The van der Waals surface area contributed by atoms with Crippen LogP contribution in [0.3, 0.4) is 0 Å². The molecule has 12 heteroatoms. The first-order chi connectivity index (χ1) is 17.6. The maximum absolute atomic E-state index is 14.9. The molecule has 8 nitrogen and oxygen atoms in total. The van der Waals surface area contributed by atoms with Gasteiger partial charge >= 0.3 is 6.18 Å². The number of nitrogens with zero attached hydrogens (tertiary/aromatic N) is 4. The quantitative estimate of drug-likeness (QED) is 0.125. The third-order valence-corrected chi connectivity index (χ3v) is 5.34. The lowest BCUT2D eigenvalue weighted by atomic mass is 9.99. The number of hydrogen-bond acceptors (Lipinski definition) is 6. The first kappa shape index (κ1) is 25.2. The van der Waals surface area contributed by atoms with E-state index in [-0.39, 0.29) is 29.6 Å². The summed E-state index contributed by atoms with van der Waals surface area (Å²) < 4.78 is 57.1. The Bertz CT molecular complexity index is 1510. The summed E-state index contributed by atoms with van der Waals surface area (Å²) in [7, 11) is 1.50. The molecule has 2 heterocycles. The zero-order chi connectivity index (χ0) is 26.7. The highest BCUT2D eigenvalue weighted by Crippen LogP contribution is 2.38. The van der Waals surface area contributed by atoms with Gasteiger partial charge in [-0.05, 0) is 35.9 Å². The summed E-state index contributed by atoms with van der Waals surface area (Å²) in [5.74, 6) is -2.65. The molecule has 0 bridgehead atoms. The summed E-state index contributed by atoms with van der Waals surface area (Å²) >= 11 is 0. The maximum atomic E-state index is 14.9. The van der Waals surface area contributed by atoms with Gasteiger partial charge in [0.2, 0.25) is 0 Å². The standard InChI is InChI=1S/C25H17F4N5O3/c1-34-10-9-20(32-34)16-11-17(19(26)12-18(16)25(27,28)29)24(36)31-23-15(14-5-3-2-4-6-14)7-8-21(30-23)22(13-35)33-37/h2-13,37H,1H3,(H,30,31,36)/b33-22+. The molecule has 0 saturated carbocycles. The van der Waals surface area contributed by atoms with E-state index in [9.17, 15) is 27.2 Å². The molecule has 0 radical (unpaired) electrons. The van der Waals surface area contributed by atoms with Crippen LogP contribution in [0.1, 0.15) is 21.6 Å². The third kappa shape index (κ3) is 5.22. The molecule has 0 aliphatic rings. The SMILES string of the molecule is Cn1ccc(-c2cc(C(=O)Nc3nc(/C(C=O)=N/O)ccc3-c3ccccc3)c(F)cc2C(F)(F)F)n1. The van der Waals surface area contributed by atoms with Crippen LogP contribution in [0, 0.1) is 5.82 Å². The van der Waals surface area contributed by atoms with Crippen LogP contribution in [-0.4, -0.2) is 37.9 Å². The van der Waals surface area contributed by atoms with Crippen molar-refractivity contribution in [2.24, 2.45) is 12.2 Å². The Kier molecular flexibility index (Phi) is 6.83. The topological polar surface area (TPSA) is 109 Å². The van der Waals surface area contributed by atoms with Crippen molar-refractivity contribution >= 4 is 23.7 Å². The fourth-order valence-corrected chi connectivity index (χ4v) is 3.61. The van der Waals surface area contributed by atoms with Gasteiger partial charge in [-0.25, -0.2) is 9.37 Å². The van der Waals surface area contributed by atoms with Crippen LogP contribution in [0.15, 0.2) is 72.0 Å². The highest BCUT2D eigenvalue weighted by atomic mass is 19.4. The Morgan fingerprint density at radius 2 is 1.81 bits per heavy atom. The molecular formula is C25H17F4N5O3. The Morgan fingerprint density at radius 3 is 2.41 bits per heavy atom. The molecule has 2 aromatic carbocycles. The average Bonchev–Trinajstić information content (AvgIpc) is 3.30. The molecule has 2 aromatic heterocycles. The normalized spacial score (nSPS) is 11.9. The minimum absolute atomic E-state index is 0.102. The van der Waals surface area contributed by atoms with Gasteiger partial charge in [0, 0.05) is 24.4 Å². The molecule has 37 heavy (non-hydrogen) atoms. The van der Waals surface area contributed by atoms with Gasteiger partial charge in [0.1, 0.15) is 11.6 Å². The van der Waals surface area contributed by atoms with Crippen molar-refractivity contribution in [3.05, 3.63) is 89.5 Å². The summed E-state index contributed by atoms with van der Waals surface area (Å²) in [5.41, 5.74) is -2.16. The Balaban J connectivity index is 1.82. The lowest BCUT2D eigenvalue weighted by Gasteiger charge is -2.15. The number of anilines is 1. The Labute approximate surface area is 206 Å². The zero-order valence-electron chi connectivity index (χ0n) is 19.0. The molecule has 0 atom stereocenters. The van der Waals surface area contributed by atoms with Gasteiger partial charge in [0.15, 0.2) is 12.0 Å². The molecule has 0 aliphatic heterocycles. The van der Waals surface area contributed by atoms with Gasteiger partial charge in [0.05, 0.1) is 22.5 Å². The maximum Gasteiger partial charge on any atom is 0.417 e. The largest absolute Gasteiger partial charge is 0.417 e. The first-order valence-electron chi connectivity index (χ1n) is 10.6. The summed E-state index contributed by atoms with van der Waals surface area (Å²) in [6.45, 7) is 0. The molecule has 0 spiro atoms. The van der Waals surface area contributed by atoms with Crippen molar-refractivity contribution in [3.63, 3.8) is 0 Å². The Morgan fingerprint density at radius 1 is 1.08 bits per heavy atom. The summed E-state index contributed by atoms with van der Waals surface area (Å²) in [6, 6.07) is 13.8. The highest BCUT2D eigenvalue weighted by Gasteiger charge is 2.36. The van der Waals surface area contributed by atoms with Gasteiger partial charge in [-0.1, -0.05) is 35.5 Å². The van der Waals surface area contributed by atoms with E-state index in [1.807, 2.05) is 0 Å². The van der Waals surface area contributed by atoms with E-state index in [0.29, 0.717) is 11.1 Å². The minimum atomic E-state index is -4.91. The van der Waals surface area contributed by atoms with Gasteiger partial charge in [-0.15, -0.1) is 0 Å². The lowest BCUT2D eigenvalue weighted by Crippen LogP contribution is -2.18. The lowest BCUT2D eigenvalue weighted by molar-refractivity contribution is -0.137. The first-order valence-corrected chi connectivity index (χ1v) is 10.6. The second-order valence-corrected chi connectivity index (χ2v) is 7.77. The molecule has 188 valence electrons. The predicted octanol–water partition coefficient (Wildman–Crippen LogP) is 4.94. The van der Waals surface area contributed by atoms with Crippen LogP contribution in [0.5, 0.6) is 0 Å². The number of aryl methyl sites for hydroxylation is 1. The molecule has 1 amide bonds. The number of pyridine rings is 1. The van der Waals surface area contributed by atoms with Crippen molar-refractivity contribution in [1.82, 2.24) is 14.8 Å². The van der Waals surface area contributed by atoms with Crippen LogP contribution in [-0.2, 0) is 18.0 Å². The van der Waals surface area contributed by atoms with Crippen molar-refractivity contribution < 1.29 is 32.4 Å². The number of carbonyl (C=O) groups is 2. The smallest absolute Gasteiger partial charge is 0.410 e. The number of nitrogens with one attached hydrogen (secondary N) is 1. The van der Waals surface area contributed by atoms with Crippen molar-refractivity contribution in [2.75, 3.05) is 5.32 Å². The number of carbonyl (C=O) groups excluding carboxylic acids is 2. The van der Waals surface area contributed by atoms with Crippen LogP contribution < -0.4 is 5.32 Å². The molecule has 0 aliphatic carbocycles. The molecule has 4 aromatic rings. The van der Waals surface area contributed by atoms with E-state index in [1.54, 1.807) is 30.3 Å². The van der Waals surface area contributed by atoms with Crippen molar-refractivity contribution in [1.29, 1.82) is 0 Å². The van der Waals surface area contributed by atoms with Crippen molar-refractivity contribution in [2.45, 2.75) is 6.18 Å². The van der Waals surface area contributed by atoms with E-state index in [4.69, 9.17) is 5.21 Å². The number of hydrogen-bond donors (Lipinski definition) is 2. The summed E-state index contributed by atoms with van der Waals surface area (Å²) in [4.78, 5) is 28.5. The molecule has 0 saturated heterocycles. The molecule has 0 unspecified atom stereocenters. The molecule has 0 fully saturated rings. The average molecular weight is 511 g/mol. The molecule has 4 rings (SSSR count). The van der Waals surface area contributed by atoms with Crippen molar-refractivity contribution in [3.8, 4) is 22.4 Å². The third-order valence-electron chi connectivity index (χ3n) is 5.34. The number of aromatic nitrogens is 3. The monoisotopic (exact) mass is 511 g/mol. The highest BCUT2D eigenvalue weighted by molar-refractivity contribution is 6.35.